The molecule has 0 amide bonds. The number of methoxy groups -OCH3 is 1. The summed E-state index contributed by atoms with van der Waals surface area (Å²) in [4.78, 5) is 3.01. The van der Waals surface area contributed by atoms with E-state index in [0.29, 0.717) is 5.82 Å². The molecule has 0 spiro atoms. The average Bonchev–Trinajstić information content (AvgIpc) is 2.53. The highest BCUT2D eigenvalue weighted by Crippen LogP contribution is 2.15. The van der Waals surface area contributed by atoms with Gasteiger partial charge < -0.3 is 9.72 Å². The van der Waals surface area contributed by atoms with Gasteiger partial charge in [0.25, 0.3) is 0 Å². The van der Waals surface area contributed by atoms with Crippen LogP contribution in [0.3, 0.4) is 0 Å². The summed E-state index contributed by atoms with van der Waals surface area (Å²) in [6, 6.07) is 0. The molecule has 1 aromatic rings. The Morgan fingerprint density at radius 1 is 1.54 bits per heavy atom. The molecule has 0 aromatic carbocycles. The lowest BCUT2D eigenvalue weighted by atomic mass is 10.2. The van der Waals surface area contributed by atoms with Crippen molar-refractivity contribution in [3.8, 4) is 0 Å². The molecule has 1 aromatic heterocycles. The van der Waals surface area contributed by atoms with Crippen LogP contribution in [0.25, 0.3) is 5.57 Å². The largest absolute Gasteiger partial charge is 0.501 e. The Hall–Kier alpha value is -1.58. The molecule has 0 atom stereocenters. The summed E-state index contributed by atoms with van der Waals surface area (Å²) in [7, 11) is 1.61. The van der Waals surface area contributed by atoms with Gasteiger partial charge in [0.1, 0.15) is 11.6 Å². The molecule has 0 bridgehead atoms. The quantitative estimate of drug-likeness (QED) is 0.567. The van der Waals surface area contributed by atoms with E-state index in [1.807, 2.05) is 13.8 Å². The molecule has 0 saturated heterocycles. The average molecular weight is 179 g/mol. The minimum absolute atomic E-state index is 0.687. The van der Waals surface area contributed by atoms with Crippen molar-refractivity contribution in [3.05, 3.63) is 30.1 Å². The predicted octanol–water partition coefficient (Wildman–Crippen LogP) is 1.68. The molecule has 13 heavy (non-hydrogen) atoms. The number of hydrogen-bond donors (Lipinski definition) is 1. The summed E-state index contributed by atoms with van der Waals surface area (Å²) in [5.74, 6) is 2.23. The van der Waals surface area contributed by atoms with Crippen LogP contribution in [0, 0.1) is 6.92 Å². The summed E-state index contributed by atoms with van der Waals surface area (Å²) in [5, 5.41) is 7.80. The molecule has 1 rings (SSSR count). The molecule has 0 aliphatic heterocycles. The van der Waals surface area contributed by atoms with Gasteiger partial charge in [0.05, 0.1) is 12.7 Å². The van der Waals surface area contributed by atoms with Crippen LogP contribution in [-0.4, -0.2) is 22.3 Å². The van der Waals surface area contributed by atoms with Gasteiger partial charge in [0.15, 0.2) is 5.82 Å². The molecule has 0 radical (unpaired) electrons. The number of aromatic amines is 1. The number of rotatable bonds is 3. The molecule has 4 nitrogen and oxygen atoms in total. The van der Waals surface area contributed by atoms with E-state index in [1.165, 1.54) is 0 Å². The zero-order valence-corrected chi connectivity index (χ0v) is 8.09. The Morgan fingerprint density at radius 3 is 2.62 bits per heavy atom. The van der Waals surface area contributed by atoms with Crippen LogP contribution in [0.1, 0.15) is 18.6 Å². The molecule has 1 N–H and O–H groups in total. The molecule has 4 heteroatoms. The Labute approximate surface area is 77.3 Å². The maximum Gasteiger partial charge on any atom is 0.164 e. The van der Waals surface area contributed by atoms with Crippen molar-refractivity contribution in [1.29, 1.82) is 0 Å². The van der Waals surface area contributed by atoms with Crippen LogP contribution in [0.4, 0.5) is 0 Å². The summed E-state index contributed by atoms with van der Waals surface area (Å²) in [6.45, 7) is 7.39. The van der Waals surface area contributed by atoms with Gasteiger partial charge in [0.2, 0.25) is 0 Å². The van der Waals surface area contributed by atoms with Crippen molar-refractivity contribution in [2.45, 2.75) is 13.8 Å². The predicted molar refractivity (Wildman–Crippen MR) is 50.9 cm³/mol. The molecule has 70 valence electrons. The Morgan fingerprint density at radius 2 is 2.23 bits per heavy atom. The van der Waals surface area contributed by atoms with Gasteiger partial charge >= 0.3 is 0 Å². The molecule has 1 heterocycles. The molecule has 0 aliphatic rings. The van der Waals surface area contributed by atoms with E-state index in [1.54, 1.807) is 13.2 Å². The highest BCUT2D eigenvalue weighted by molar-refractivity contribution is 5.70. The van der Waals surface area contributed by atoms with Crippen molar-refractivity contribution < 1.29 is 4.74 Å². The second-order valence-electron chi connectivity index (χ2n) is 2.64. The van der Waals surface area contributed by atoms with E-state index in [2.05, 4.69) is 21.8 Å². The number of nitrogens with one attached hydrogen (secondary N) is 1. The van der Waals surface area contributed by atoms with Gasteiger partial charge in [0, 0.05) is 0 Å². The first-order valence-corrected chi connectivity index (χ1v) is 3.96. The zero-order valence-electron chi connectivity index (χ0n) is 8.09. The van der Waals surface area contributed by atoms with Gasteiger partial charge in [-0.25, -0.2) is 0 Å². The lowest BCUT2D eigenvalue weighted by Gasteiger charge is -2.02. The van der Waals surface area contributed by atoms with Crippen molar-refractivity contribution >= 4 is 5.57 Å². The van der Waals surface area contributed by atoms with Crippen LogP contribution in [0.5, 0.6) is 0 Å². The Kier molecular flexibility index (Phi) is 2.84. The molecule has 0 fully saturated rings. The van der Waals surface area contributed by atoms with E-state index >= 15 is 0 Å². The molecular weight excluding hydrogens is 166 g/mol. The molecule has 0 saturated carbocycles. The number of ether oxygens (including phenoxy) is 1. The van der Waals surface area contributed by atoms with Gasteiger partial charge in [-0.05, 0) is 13.8 Å². The normalized spacial score (nSPS) is 12.2. The summed E-state index contributed by atoms with van der Waals surface area (Å²) in [6.07, 6.45) is 1.69. The third kappa shape index (κ3) is 1.96. The van der Waals surface area contributed by atoms with Crippen LogP contribution < -0.4 is 0 Å². The van der Waals surface area contributed by atoms with E-state index in [-0.39, 0.29) is 0 Å². The second-order valence-corrected chi connectivity index (χ2v) is 2.64. The van der Waals surface area contributed by atoms with Gasteiger partial charge in [-0.1, -0.05) is 12.7 Å². The third-order valence-corrected chi connectivity index (χ3v) is 1.74. The lowest BCUT2D eigenvalue weighted by molar-refractivity contribution is 0.296. The first-order valence-electron chi connectivity index (χ1n) is 3.96. The maximum absolute atomic E-state index is 5.09. The van der Waals surface area contributed by atoms with E-state index in [0.717, 1.165) is 17.2 Å². The number of aromatic nitrogens is 3. The minimum atomic E-state index is 0.687. The van der Waals surface area contributed by atoms with Crippen molar-refractivity contribution in [2.75, 3.05) is 7.11 Å². The smallest absolute Gasteiger partial charge is 0.164 e. The summed E-state index contributed by atoms with van der Waals surface area (Å²) in [5.41, 5.74) is 0.836. The standard InChI is InChI=1S/C9H13N3O/c1-5-8(6(2)13-4)9-10-7(3)11-12-9/h5H,1H2,2-4H3,(H,10,11,12)/b8-6-. The van der Waals surface area contributed by atoms with Crippen molar-refractivity contribution in [3.63, 3.8) is 0 Å². The van der Waals surface area contributed by atoms with Crippen LogP contribution >= 0.6 is 0 Å². The van der Waals surface area contributed by atoms with E-state index < -0.39 is 0 Å². The number of H-pyrrole nitrogens is 1. The highest BCUT2D eigenvalue weighted by Gasteiger charge is 2.06. The monoisotopic (exact) mass is 179 g/mol. The molecular formula is C9H13N3O. The fraction of sp³-hybridized carbons (Fsp3) is 0.333. The number of nitrogens with zero attached hydrogens (tertiary/aromatic N) is 2. The summed E-state index contributed by atoms with van der Waals surface area (Å²) < 4.78 is 5.09. The number of aryl methyl sites for hydroxylation is 1. The Balaban J connectivity index is 3.11. The fourth-order valence-corrected chi connectivity index (χ4v) is 0.985. The highest BCUT2D eigenvalue weighted by atomic mass is 16.5. The van der Waals surface area contributed by atoms with Crippen molar-refractivity contribution in [1.82, 2.24) is 15.2 Å². The SMILES string of the molecule is C=C/C(=C(\C)OC)c1nnc(C)[nH]1. The third-order valence-electron chi connectivity index (χ3n) is 1.74. The van der Waals surface area contributed by atoms with Gasteiger partial charge in [-0.2, -0.15) is 0 Å². The maximum atomic E-state index is 5.09. The van der Waals surface area contributed by atoms with Gasteiger partial charge in [-0.3, -0.25) is 0 Å². The van der Waals surface area contributed by atoms with Gasteiger partial charge in [-0.15, -0.1) is 10.2 Å². The fourth-order valence-electron chi connectivity index (χ4n) is 0.985. The molecule has 0 aliphatic carbocycles. The first kappa shape index (κ1) is 9.51. The lowest BCUT2D eigenvalue weighted by Crippen LogP contribution is -1.91. The Bertz CT molecular complexity index is 338. The number of allylic oxidation sites excluding steroid dienone is 3. The number of hydrogen-bond acceptors (Lipinski definition) is 3. The van der Waals surface area contributed by atoms with Crippen molar-refractivity contribution in [2.24, 2.45) is 0 Å². The van der Waals surface area contributed by atoms with Crippen LogP contribution in [0.2, 0.25) is 0 Å². The van der Waals surface area contributed by atoms with E-state index in [4.69, 9.17) is 4.74 Å². The molecule has 0 unspecified atom stereocenters. The minimum Gasteiger partial charge on any atom is -0.501 e. The van der Waals surface area contributed by atoms with Crippen LogP contribution in [-0.2, 0) is 4.74 Å². The topological polar surface area (TPSA) is 50.8 Å². The second kappa shape index (κ2) is 3.89. The summed E-state index contributed by atoms with van der Waals surface area (Å²) >= 11 is 0. The van der Waals surface area contributed by atoms with E-state index in [9.17, 15) is 0 Å². The van der Waals surface area contributed by atoms with Crippen LogP contribution in [0.15, 0.2) is 18.4 Å². The zero-order chi connectivity index (χ0) is 9.84. The first-order chi connectivity index (χ1) is 6.19.